The molecule has 0 fully saturated rings. The minimum atomic E-state index is 0.253. The van der Waals surface area contributed by atoms with Gasteiger partial charge in [-0.25, -0.2) is 4.98 Å². The number of carbonyl (C=O) groups excluding carboxylic acids is 1. The standard InChI is InChI=1S/C10H7N3O/c14-4-2-1-3-8-5-9-7-12-13-10(9)11-6-8/h4-7H,2H2,(H,11,12,13). The maximum absolute atomic E-state index is 10.0. The number of hydrogen-bond acceptors (Lipinski definition) is 3. The molecule has 0 unspecified atom stereocenters. The molecule has 0 saturated heterocycles. The zero-order chi connectivity index (χ0) is 9.80. The van der Waals surface area contributed by atoms with Gasteiger partial charge in [0.05, 0.1) is 12.6 Å². The minimum Gasteiger partial charge on any atom is -0.302 e. The average Bonchev–Trinajstić information content (AvgIpc) is 2.65. The Balaban J connectivity index is 2.35. The van der Waals surface area contributed by atoms with E-state index < -0.39 is 0 Å². The van der Waals surface area contributed by atoms with E-state index in [1.807, 2.05) is 6.07 Å². The lowest BCUT2D eigenvalue weighted by atomic mass is 10.2. The lowest BCUT2D eigenvalue weighted by molar-refractivity contribution is -0.107. The molecule has 0 aliphatic heterocycles. The summed E-state index contributed by atoms with van der Waals surface area (Å²) in [5, 5.41) is 7.51. The van der Waals surface area contributed by atoms with Crippen LogP contribution in [0.15, 0.2) is 18.5 Å². The van der Waals surface area contributed by atoms with Crippen LogP contribution in [0, 0.1) is 11.8 Å². The number of pyridine rings is 1. The molecule has 4 nitrogen and oxygen atoms in total. The molecule has 0 saturated carbocycles. The maximum atomic E-state index is 10.0. The van der Waals surface area contributed by atoms with Crippen molar-refractivity contribution < 1.29 is 4.79 Å². The van der Waals surface area contributed by atoms with Crippen LogP contribution in [0.1, 0.15) is 12.0 Å². The lowest BCUT2D eigenvalue weighted by Gasteiger charge is -1.88. The Kier molecular flexibility index (Phi) is 2.24. The van der Waals surface area contributed by atoms with Crippen molar-refractivity contribution >= 4 is 17.3 Å². The van der Waals surface area contributed by atoms with Crippen LogP contribution >= 0.6 is 0 Å². The highest BCUT2D eigenvalue weighted by atomic mass is 16.1. The van der Waals surface area contributed by atoms with Gasteiger partial charge in [0.2, 0.25) is 0 Å². The van der Waals surface area contributed by atoms with Gasteiger partial charge in [-0.1, -0.05) is 11.8 Å². The zero-order valence-corrected chi connectivity index (χ0v) is 7.32. The van der Waals surface area contributed by atoms with Crippen molar-refractivity contribution in [1.82, 2.24) is 15.2 Å². The van der Waals surface area contributed by atoms with Crippen molar-refractivity contribution in [3.63, 3.8) is 0 Å². The van der Waals surface area contributed by atoms with E-state index in [-0.39, 0.29) is 6.42 Å². The number of nitrogens with zero attached hydrogens (tertiary/aromatic N) is 2. The van der Waals surface area contributed by atoms with Crippen LogP contribution in [-0.2, 0) is 4.79 Å². The van der Waals surface area contributed by atoms with Crippen LogP contribution in [0.2, 0.25) is 0 Å². The Bertz CT molecular complexity index is 519. The summed E-state index contributed by atoms with van der Waals surface area (Å²) in [5.74, 6) is 5.56. The summed E-state index contributed by atoms with van der Waals surface area (Å²) in [6.07, 6.45) is 4.37. The Morgan fingerprint density at radius 3 is 3.29 bits per heavy atom. The van der Waals surface area contributed by atoms with E-state index in [0.717, 1.165) is 22.9 Å². The third kappa shape index (κ3) is 1.62. The molecule has 0 spiro atoms. The summed E-state index contributed by atoms with van der Waals surface area (Å²) < 4.78 is 0. The first-order valence-electron chi connectivity index (χ1n) is 4.12. The maximum Gasteiger partial charge on any atom is 0.155 e. The summed E-state index contributed by atoms with van der Waals surface area (Å²) in [4.78, 5) is 14.1. The van der Waals surface area contributed by atoms with Gasteiger partial charge < -0.3 is 4.79 Å². The average molecular weight is 185 g/mol. The van der Waals surface area contributed by atoms with Gasteiger partial charge in [0, 0.05) is 17.1 Å². The van der Waals surface area contributed by atoms with E-state index in [0.29, 0.717) is 0 Å². The van der Waals surface area contributed by atoms with E-state index in [9.17, 15) is 4.79 Å². The van der Waals surface area contributed by atoms with Crippen LogP contribution in [0.5, 0.6) is 0 Å². The van der Waals surface area contributed by atoms with Crippen molar-refractivity contribution in [1.29, 1.82) is 0 Å². The molecule has 0 atom stereocenters. The van der Waals surface area contributed by atoms with Crippen molar-refractivity contribution in [2.45, 2.75) is 6.42 Å². The molecule has 0 amide bonds. The highest BCUT2D eigenvalue weighted by Gasteiger charge is 1.96. The smallest absolute Gasteiger partial charge is 0.155 e. The first-order valence-corrected chi connectivity index (χ1v) is 4.12. The zero-order valence-electron chi connectivity index (χ0n) is 7.32. The van der Waals surface area contributed by atoms with Crippen LogP contribution in [0.25, 0.3) is 11.0 Å². The van der Waals surface area contributed by atoms with Gasteiger partial charge in [-0.05, 0) is 6.07 Å². The van der Waals surface area contributed by atoms with Gasteiger partial charge in [0.1, 0.15) is 6.29 Å². The highest BCUT2D eigenvalue weighted by molar-refractivity contribution is 5.75. The molecule has 0 aromatic carbocycles. The van der Waals surface area contributed by atoms with Crippen LogP contribution in [0.3, 0.4) is 0 Å². The second-order valence-electron chi connectivity index (χ2n) is 2.70. The van der Waals surface area contributed by atoms with E-state index >= 15 is 0 Å². The second-order valence-corrected chi connectivity index (χ2v) is 2.70. The third-order valence-corrected chi connectivity index (χ3v) is 1.71. The normalized spacial score (nSPS) is 9.43. The number of nitrogens with one attached hydrogen (secondary N) is 1. The Morgan fingerprint density at radius 1 is 1.50 bits per heavy atom. The summed E-state index contributed by atoms with van der Waals surface area (Å²) in [6.45, 7) is 0. The van der Waals surface area contributed by atoms with Gasteiger partial charge in [0.15, 0.2) is 5.65 Å². The van der Waals surface area contributed by atoms with Crippen molar-refractivity contribution in [3.8, 4) is 11.8 Å². The summed E-state index contributed by atoms with van der Waals surface area (Å²) in [6, 6.07) is 1.88. The first kappa shape index (κ1) is 8.45. The number of fused-ring (bicyclic) bond motifs is 1. The molecule has 68 valence electrons. The number of carbonyl (C=O) groups is 1. The van der Waals surface area contributed by atoms with E-state index in [2.05, 4.69) is 27.0 Å². The lowest BCUT2D eigenvalue weighted by Crippen LogP contribution is -1.80. The summed E-state index contributed by atoms with van der Waals surface area (Å²) in [5.41, 5.74) is 1.53. The molecular weight excluding hydrogens is 178 g/mol. The van der Waals surface area contributed by atoms with Crippen LogP contribution < -0.4 is 0 Å². The Labute approximate surface area is 80.4 Å². The van der Waals surface area contributed by atoms with Crippen molar-refractivity contribution in [2.75, 3.05) is 0 Å². The second kappa shape index (κ2) is 3.71. The minimum absolute atomic E-state index is 0.253. The fourth-order valence-corrected chi connectivity index (χ4v) is 1.10. The van der Waals surface area contributed by atoms with Gasteiger partial charge in [-0.2, -0.15) is 5.10 Å². The highest BCUT2D eigenvalue weighted by Crippen LogP contribution is 2.08. The number of rotatable bonds is 1. The Morgan fingerprint density at radius 2 is 2.43 bits per heavy atom. The molecule has 2 rings (SSSR count). The fraction of sp³-hybridized carbons (Fsp3) is 0.100. The van der Waals surface area contributed by atoms with Crippen molar-refractivity contribution in [3.05, 3.63) is 24.0 Å². The van der Waals surface area contributed by atoms with E-state index in [1.165, 1.54) is 0 Å². The molecule has 2 aromatic rings. The summed E-state index contributed by atoms with van der Waals surface area (Å²) in [7, 11) is 0. The van der Waals surface area contributed by atoms with Gasteiger partial charge in [-0.3, -0.25) is 5.10 Å². The van der Waals surface area contributed by atoms with Gasteiger partial charge >= 0.3 is 0 Å². The van der Waals surface area contributed by atoms with E-state index in [4.69, 9.17) is 0 Å². The number of aldehydes is 1. The first-order chi connectivity index (χ1) is 6.90. The van der Waals surface area contributed by atoms with Gasteiger partial charge in [-0.15, -0.1) is 0 Å². The third-order valence-electron chi connectivity index (χ3n) is 1.71. The molecule has 4 heteroatoms. The van der Waals surface area contributed by atoms with Crippen LogP contribution in [-0.4, -0.2) is 21.5 Å². The van der Waals surface area contributed by atoms with E-state index in [1.54, 1.807) is 12.4 Å². The number of H-pyrrole nitrogens is 1. The van der Waals surface area contributed by atoms with Crippen LogP contribution in [0.4, 0.5) is 0 Å². The quantitative estimate of drug-likeness (QED) is 0.530. The molecule has 0 radical (unpaired) electrons. The molecule has 2 heterocycles. The van der Waals surface area contributed by atoms with Crippen molar-refractivity contribution in [2.24, 2.45) is 0 Å². The number of hydrogen-bond donors (Lipinski definition) is 1. The molecule has 0 bridgehead atoms. The molecular formula is C10H7N3O. The predicted molar refractivity (Wildman–Crippen MR) is 51.4 cm³/mol. The predicted octanol–water partition coefficient (Wildman–Crippen LogP) is 0.898. The molecule has 0 aliphatic carbocycles. The fourth-order valence-electron chi connectivity index (χ4n) is 1.10. The monoisotopic (exact) mass is 185 g/mol. The largest absolute Gasteiger partial charge is 0.302 e. The SMILES string of the molecule is O=CCC#Cc1cnc2[nH]ncc2c1. The topological polar surface area (TPSA) is 58.6 Å². The molecule has 0 aliphatic rings. The number of aromatic nitrogens is 3. The van der Waals surface area contributed by atoms with Gasteiger partial charge in [0.25, 0.3) is 0 Å². The molecule has 14 heavy (non-hydrogen) atoms. The Hall–Kier alpha value is -2.15. The molecule has 2 aromatic heterocycles. The number of aromatic amines is 1. The summed E-state index contributed by atoms with van der Waals surface area (Å²) >= 11 is 0. The molecule has 1 N–H and O–H groups in total.